The molecule has 1 aliphatic rings. The second-order valence-corrected chi connectivity index (χ2v) is 5.61. The Balaban J connectivity index is 1.74. The third kappa shape index (κ3) is 1.94. The van der Waals surface area contributed by atoms with Gasteiger partial charge in [-0.2, -0.15) is 0 Å². The standard InChI is InChI=1S/C15H14ClN3/c16-12-2-1-11-5-6-18(15(11)7-12)9-14-8-17-10-19(14)13-3-4-13/h1-2,5-8,10,13H,3-4,9H2. The van der Waals surface area contributed by atoms with Gasteiger partial charge < -0.3 is 9.13 Å². The molecule has 0 atom stereocenters. The first-order valence-corrected chi connectivity index (χ1v) is 6.94. The number of aromatic nitrogens is 3. The van der Waals surface area contributed by atoms with E-state index in [1.165, 1.54) is 29.4 Å². The van der Waals surface area contributed by atoms with Crippen molar-refractivity contribution in [3.05, 3.63) is 53.7 Å². The lowest BCUT2D eigenvalue weighted by atomic mass is 10.2. The van der Waals surface area contributed by atoms with E-state index in [0.29, 0.717) is 6.04 Å². The Hall–Kier alpha value is -1.74. The largest absolute Gasteiger partial charge is 0.341 e. The summed E-state index contributed by atoms with van der Waals surface area (Å²) in [6.07, 6.45) is 8.59. The highest BCUT2D eigenvalue weighted by molar-refractivity contribution is 6.31. The molecule has 0 bridgehead atoms. The SMILES string of the molecule is Clc1ccc2ccn(Cc3cncn3C3CC3)c2c1. The van der Waals surface area contributed by atoms with Gasteiger partial charge >= 0.3 is 0 Å². The van der Waals surface area contributed by atoms with E-state index in [9.17, 15) is 0 Å². The topological polar surface area (TPSA) is 22.8 Å². The van der Waals surface area contributed by atoms with Gasteiger partial charge in [-0.25, -0.2) is 4.98 Å². The zero-order valence-corrected chi connectivity index (χ0v) is 11.2. The summed E-state index contributed by atoms with van der Waals surface area (Å²) in [4.78, 5) is 4.29. The van der Waals surface area contributed by atoms with Crippen LogP contribution < -0.4 is 0 Å². The molecule has 0 saturated heterocycles. The van der Waals surface area contributed by atoms with E-state index in [0.717, 1.165) is 11.6 Å². The van der Waals surface area contributed by atoms with Crippen LogP contribution in [0.25, 0.3) is 10.9 Å². The van der Waals surface area contributed by atoms with Gasteiger partial charge in [0, 0.05) is 29.0 Å². The molecule has 0 aliphatic heterocycles. The van der Waals surface area contributed by atoms with Crippen molar-refractivity contribution in [3.63, 3.8) is 0 Å². The molecule has 2 aromatic heterocycles. The number of benzene rings is 1. The van der Waals surface area contributed by atoms with Crippen LogP contribution in [0.4, 0.5) is 0 Å². The second-order valence-electron chi connectivity index (χ2n) is 5.17. The number of hydrogen-bond acceptors (Lipinski definition) is 1. The average molecular weight is 272 g/mol. The molecule has 2 heterocycles. The van der Waals surface area contributed by atoms with Gasteiger partial charge in [0.15, 0.2) is 0 Å². The van der Waals surface area contributed by atoms with Gasteiger partial charge in [-0.1, -0.05) is 17.7 Å². The Bertz CT molecular complexity index is 737. The zero-order chi connectivity index (χ0) is 12.8. The van der Waals surface area contributed by atoms with Crippen molar-refractivity contribution in [1.29, 1.82) is 0 Å². The first kappa shape index (κ1) is 11.1. The molecule has 3 aromatic rings. The summed E-state index contributed by atoms with van der Waals surface area (Å²) in [6, 6.07) is 8.82. The fourth-order valence-electron chi connectivity index (χ4n) is 2.61. The Morgan fingerprint density at radius 1 is 1.26 bits per heavy atom. The summed E-state index contributed by atoms with van der Waals surface area (Å²) in [5, 5.41) is 2.00. The Morgan fingerprint density at radius 3 is 3.00 bits per heavy atom. The number of imidazole rings is 1. The highest BCUT2D eigenvalue weighted by atomic mass is 35.5. The molecule has 4 rings (SSSR count). The molecule has 1 fully saturated rings. The van der Waals surface area contributed by atoms with E-state index < -0.39 is 0 Å². The van der Waals surface area contributed by atoms with E-state index in [1.54, 1.807) is 0 Å². The van der Waals surface area contributed by atoms with Gasteiger partial charge in [-0.05, 0) is 36.4 Å². The minimum absolute atomic E-state index is 0.669. The number of rotatable bonds is 3. The predicted molar refractivity (Wildman–Crippen MR) is 76.5 cm³/mol. The van der Waals surface area contributed by atoms with Gasteiger partial charge in [0.25, 0.3) is 0 Å². The number of nitrogens with zero attached hydrogens (tertiary/aromatic N) is 3. The summed E-state index contributed by atoms with van der Waals surface area (Å²) < 4.78 is 4.54. The highest BCUT2D eigenvalue weighted by Gasteiger charge is 2.25. The number of halogens is 1. The van der Waals surface area contributed by atoms with Crippen molar-refractivity contribution in [1.82, 2.24) is 14.1 Å². The van der Waals surface area contributed by atoms with Crippen LogP contribution in [0, 0.1) is 0 Å². The first-order valence-electron chi connectivity index (χ1n) is 6.56. The molecule has 1 aliphatic carbocycles. The molecule has 0 amide bonds. The van der Waals surface area contributed by atoms with Crippen LogP contribution in [0.5, 0.6) is 0 Å². The quantitative estimate of drug-likeness (QED) is 0.709. The van der Waals surface area contributed by atoms with Crippen LogP contribution >= 0.6 is 11.6 Å². The van der Waals surface area contributed by atoms with E-state index >= 15 is 0 Å². The van der Waals surface area contributed by atoms with Crippen molar-refractivity contribution in [2.24, 2.45) is 0 Å². The molecule has 96 valence electrons. The van der Waals surface area contributed by atoms with Crippen molar-refractivity contribution in [3.8, 4) is 0 Å². The molecule has 4 heteroatoms. The molecule has 3 nitrogen and oxygen atoms in total. The van der Waals surface area contributed by atoms with Crippen molar-refractivity contribution >= 4 is 22.5 Å². The smallest absolute Gasteiger partial charge is 0.0951 e. The van der Waals surface area contributed by atoms with Gasteiger partial charge in [0.1, 0.15) is 0 Å². The van der Waals surface area contributed by atoms with Gasteiger partial charge in [0.05, 0.1) is 18.6 Å². The summed E-state index contributed by atoms with van der Waals surface area (Å²) >= 11 is 6.09. The van der Waals surface area contributed by atoms with Crippen LogP contribution in [0.2, 0.25) is 5.02 Å². The van der Waals surface area contributed by atoms with Crippen LogP contribution in [0.3, 0.4) is 0 Å². The molecule has 0 spiro atoms. The lowest BCUT2D eigenvalue weighted by molar-refractivity contribution is 0.665. The first-order chi connectivity index (χ1) is 9.31. The maximum Gasteiger partial charge on any atom is 0.0951 e. The Labute approximate surface area is 116 Å². The third-order valence-corrected chi connectivity index (χ3v) is 3.99. The number of fused-ring (bicyclic) bond motifs is 1. The number of hydrogen-bond donors (Lipinski definition) is 0. The van der Waals surface area contributed by atoms with E-state index in [4.69, 9.17) is 11.6 Å². The van der Waals surface area contributed by atoms with E-state index in [2.05, 4.69) is 32.4 Å². The van der Waals surface area contributed by atoms with Crippen LogP contribution in [-0.2, 0) is 6.54 Å². The fourth-order valence-corrected chi connectivity index (χ4v) is 2.77. The molecule has 19 heavy (non-hydrogen) atoms. The van der Waals surface area contributed by atoms with E-state index in [-0.39, 0.29) is 0 Å². The Morgan fingerprint density at radius 2 is 2.16 bits per heavy atom. The summed E-state index contributed by atoms with van der Waals surface area (Å²) in [7, 11) is 0. The molecule has 0 radical (unpaired) electrons. The van der Waals surface area contributed by atoms with Crippen molar-refractivity contribution < 1.29 is 0 Å². The molecule has 1 aromatic carbocycles. The summed E-state index contributed by atoms with van der Waals surface area (Å²) in [5.74, 6) is 0. The maximum absolute atomic E-state index is 6.09. The fraction of sp³-hybridized carbons (Fsp3) is 0.267. The molecular weight excluding hydrogens is 258 g/mol. The highest BCUT2D eigenvalue weighted by Crippen LogP contribution is 2.36. The lowest BCUT2D eigenvalue weighted by Crippen LogP contribution is -2.04. The van der Waals surface area contributed by atoms with Gasteiger partial charge in [0.2, 0.25) is 0 Å². The zero-order valence-electron chi connectivity index (χ0n) is 10.5. The normalized spacial score (nSPS) is 15.2. The third-order valence-electron chi connectivity index (χ3n) is 3.75. The molecular formula is C15H14ClN3. The molecule has 0 unspecified atom stereocenters. The van der Waals surface area contributed by atoms with Crippen molar-refractivity contribution in [2.45, 2.75) is 25.4 Å². The molecule has 0 N–H and O–H groups in total. The maximum atomic E-state index is 6.09. The van der Waals surface area contributed by atoms with Crippen LogP contribution in [0.1, 0.15) is 24.6 Å². The average Bonchev–Trinajstić information content (AvgIpc) is 3.03. The summed E-state index contributed by atoms with van der Waals surface area (Å²) in [5.41, 5.74) is 2.44. The van der Waals surface area contributed by atoms with Crippen LogP contribution in [0.15, 0.2) is 43.0 Å². The van der Waals surface area contributed by atoms with Crippen molar-refractivity contribution in [2.75, 3.05) is 0 Å². The van der Waals surface area contributed by atoms with Crippen LogP contribution in [-0.4, -0.2) is 14.1 Å². The van der Waals surface area contributed by atoms with Gasteiger partial charge in [-0.15, -0.1) is 0 Å². The van der Waals surface area contributed by atoms with E-state index in [1.807, 2.05) is 24.7 Å². The molecule has 1 saturated carbocycles. The minimum Gasteiger partial charge on any atom is -0.341 e. The predicted octanol–water partition coefficient (Wildman–Crippen LogP) is 3.87. The van der Waals surface area contributed by atoms with Gasteiger partial charge in [-0.3, -0.25) is 0 Å². The monoisotopic (exact) mass is 271 g/mol. The Kier molecular flexibility index (Phi) is 2.42. The lowest BCUT2D eigenvalue weighted by Gasteiger charge is -2.09. The second kappa shape index (κ2) is 4.14. The summed E-state index contributed by atoms with van der Waals surface area (Å²) in [6.45, 7) is 0.848. The minimum atomic E-state index is 0.669.